The van der Waals surface area contributed by atoms with Gasteiger partial charge in [-0.2, -0.15) is 4.68 Å². The third-order valence-electron chi connectivity index (χ3n) is 6.34. The number of carbonyl (C=O) groups excluding carboxylic acids is 1. The number of nitrogens with one attached hydrogen (secondary N) is 2. The number of imidazole rings is 1. The summed E-state index contributed by atoms with van der Waals surface area (Å²) in [4.78, 5) is 32.6. The van der Waals surface area contributed by atoms with Gasteiger partial charge in [-0.25, -0.2) is 4.98 Å². The van der Waals surface area contributed by atoms with Crippen LogP contribution in [0.5, 0.6) is 0 Å². The fraction of sp³-hybridized carbons (Fsp3) is 0.231. The molecule has 0 fully saturated rings. The number of halogens is 1. The summed E-state index contributed by atoms with van der Waals surface area (Å²) >= 11 is 6.18. The highest BCUT2D eigenvalue weighted by Crippen LogP contribution is 2.27. The van der Waals surface area contributed by atoms with E-state index >= 15 is 0 Å². The van der Waals surface area contributed by atoms with Crippen molar-refractivity contribution in [3.05, 3.63) is 94.3 Å². The van der Waals surface area contributed by atoms with E-state index in [4.69, 9.17) is 16.6 Å². The van der Waals surface area contributed by atoms with Crippen LogP contribution >= 0.6 is 11.6 Å². The minimum Gasteiger partial charge on any atom is -0.481 e. The average molecular weight is 518 g/mol. The molecule has 2 aromatic heterocycles. The third-order valence-corrected chi connectivity index (χ3v) is 6.58. The van der Waals surface area contributed by atoms with Crippen molar-refractivity contribution < 1.29 is 14.7 Å². The molecule has 11 heteroatoms. The smallest absolute Gasteiger partial charge is 0.306 e. The summed E-state index contributed by atoms with van der Waals surface area (Å²) in [7, 11) is 0. The standard InChI is InChI=1S/C26H24ClN7O3/c27-19-8-10-23(34-15-28-32-33-34)17(13-19)7-11-24(35)29-22(12-16-4-2-1-3-5-16)25-30-20-9-6-18(26(36)37)14-21(20)31-25/h1-5,7-8,10-11,13,15,18,22H,6,9,12,14H2,(H,29,35)(H,30,31)(H,36,37). The number of carbonyl (C=O) groups is 2. The third kappa shape index (κ3) is 5.75. The fourth-order valence-corrected chi connectivity index (χ4v) is 4.65. The molecule has 0 spiro atoms. The van der Waals surface area contributed by atoms with E-state index in [-0.39, 0.29) is 5.91 Å². The number of aryl methyl sites for hydroxylation is 1. The zero-order chi connectivity index (χ0) is 25.8. The van der Waals surface area contributed by atoms with E-state index in [0.29, 0.717) is 47.8 Å². The van der Waals surface area contributed by atoms with Gasteiger partial charge < -0.3 is 15.4 Å². The molecule has 0 saturated carbocycles. The molecule has 4 aromatic rings. The Morgan fingerprint density at radius 3 is 2.84 bits per heavy atom. The summed E-state index contributed by atoms with van der Waals surface area (Å²) in [5.41, 5.74) is 4.06. The van der Waals surface area contributed by atoms with Crippen molar-refractivity contribution >= 4 is 29.6 Å². The van der Waals surface area contributed by atoms with E-state index in [1.54, 1.807) is 24.3 Å². The SMILES string of the molecule is O=C(C=Cc1cc(Cl)ccc1-n1cnnn1)NC(Cc1ccccc1)c1nc2c([nH]1)CC(C(=O)O)CC2. The second-order valence-electron chi connectivity index (χ2n) is 8.87. The lowest BCUT2D eigenvalue weighted by Crippen LogP contribution is -2.29. The molecule has 188 valence electrons. The van der Waals surface area contributed by atoms with Crippen molar-refractivity contribution in [1.29, 1.82) is 0 Å². The fourth-order valence-electron chi connectivity index (χ4n) is 4.47. The Kier molecular flexibility index (Phi) is 7.09. The Morgan fingerprint density at radius 2 is 2.08 bits per heavy atom. The Morgan fingerprint density at radius 1 is 1.24 bits per heavy atom. The lowest BCUT2D eigenvalue weighted by Gasteiger charge is -2.17. The van der Waals surface area contributed by atoms with Gasteiger partial charge >= 0.3 is 5.97 Å². The quantitative estimate of drug-likeness (QED) is 0.305. The van der Waals surface area contributed by atoms with Gasteiger partial charge in [-0.05, 0) is 59.5 Å². The molecular weight excluding hydrogens is 494 g/mol. The zero-order valence-corrected chi connectivity index (χ0v) is 20.5. The molecule has 0 bridgehead atoms. The predicted octanol–water partition coefficient (Wildman–Crippen LogP) is 3.34. The van der Waals surface area contributed by atoms with Crippen molar-refractivity contribution in [2.24, 2.45) is 5.92 Å². The highest BCUT2D eigenvalue weighted by molar-refractivity contribution is 6.30. The summed E-state index contributed by atoms with van der Waals surface area (Å²) in [6.07, 6.45) is 6.60. The molecule has 2 heterocycles. The van der Waals surface area contributed by atoms with Gasteiger partial charge in [0.2, 0.25) is 5.91 Å². The van der Waals surface area contributed by atoms with Gasteiger partial charge in [0.1, 0.15) is 12.2 Å². The van der Waals surface area contributed by atoms with Crippen LogP contribution in [0.2, 0.25) is 5.02 Å². The van der Waals surface area contributed by atoms with Crippen LogP contribution in [-0.4, -0.2) is 47.2 Å². The molecule has 3 N–H and O–H groups in total. The summed E-state index contributed by atoms with van der Waals surface area (Å²) in [5, 5.41) is 24.2. The van der Waals surface area contributed by atoms with E-state index < -0.39 is 17.9 Å². The number of aromatic amines is 1. The van der Waals surface area contributed by atoms with Gasteiger partial charge in [0.25, 0.3) is 0 Å². The molecule has 2 atom stereocenters. The number of hydrogen-bond acceptors (Lipinski definition) is 6. The number of amides is 1. The number of rotatable bonds is 8. The molecule has 0 radical (unpaired) electrons. The van der Waals surface area contributed by atoms with Crippen molar-refractivity contribution in [1.82, 2.24) is 35.5 Å². The van der Waals surface area contributed by atoms with Crippen LogP contribution in [0.1, 0.15) is 40.8 Å². The summed E-state index contributed by atoms with van der Waals surface area (Å²) in [5.74, 6) is -0.943. The van der Waals surface area contributed by atoms with Gasteiger partial charge in [0, 0.05) is 28.8 Å². The van der Waals surface area contributed by atoms with Gasteiger partial charge in [-0.3, -0.25) is 9.59 Å². The second-order valence-corrected chi connectivity index (χ2v) is 9.30. The summed E-state index contributed by atoms with van der Waals surface area (Å²) < 4.78 is 1.49. The number of aliphatic carboxylic acids is 1. The van der Waals surface area contributed by atoms with Crippen LogP contribution in [0.15, 0.2) is 60.9 Å². The molecule has 1 aliphatic carbocycles. The molecule has 37 heavy (non-hydrogen) atoms. The molecule has 10 nitrogen and oxygen atoms in total. The van der Waals surface area contributed by atoms with Crippen molar-refractivity contribution in [3.63, 3.8) is 0 Å². The lowest BCUT2D eigenvalue weighted by atomic mass is 9.90. The number of tetrazole rings is 1. The average Bonchev–Trinajstić information content (AvgIpc) is 3.57. The van der Waals surface area contributed by atoms with E-state index in [9.17, 15) is 14.7 Å². The lowest BCUT2D eigenvalue weighted by molar-refractivity contribution is -0.142. The van der Waals surface area contributed by atoms with Crippen LogP contribution in [0.4, 0.5) is 0 Å². The Hall–Kier alpha value is -4.31. The first kappa shape index (κ1) is 24.4. The molecule has 1 amide bonds. The highest BCUT2D eigenvalue weighted by Gasteiger charge is 2.28. The van der Waals surface area contributed by atoms with Gasteiger partial charge in [-0.1, -0.05) is 41.9 Å². The van der Waals surface area contributed by atoms with Crippen molar-refractivity contribution in [2.45, 2.75) is 31.7 Å². The molecule has 2 aromatic carbocycles. The maximum absolute atomic E-state index is 13.1. The Bertz CT molecular complexity index is 1430. The van der Waals surface area contributed by atoms with Crippen LogP contribution < -0.4 is 5.32 Å². The number of fused-ring (bicyclic) bond motifs is 1. The van der Waals surface area contributed by atoms with Crippen LogP contribution in [-0.2, 0) is 28.9 Å². The Labute approximate surface area is 217 Å². The topological polar surface area (TPSA) is 139 Å². The Balaban J connectivity index is 1.38. The maximum atomic E-state index is 13.1. The van der Waals surface area contributed by atoms with E-state index in [1.165, 1.54) is 17.1 Å². The molecule has 0 aliphatic heterocycles. The van der Waals surface area contributed by atoms with Crippen LogP contribution in [0, 0.1) is 5.92 Å². The largest absolute Gasteiger partial charge is 0.481 e. The molecule has 5 rings (SSSR count). The number of H-pyrrole nitrogens is 1. The van der Waals surface area contributed by atoms with Crippen molar-refractivity contribution in [3.8, 4) is 5.69 Å². The van der Waals surface area contributed by atoms with Crippen LogP contribution in [0.25, 0.3) is 11.8 Å². The minimum atomic E-state index is -0.803. The predicted molar refractivity (Wildman–Crippen MR) is 136 cm³/mol. The zero-order valence-electron chi connectivity index (χ0n) is 19.7. The van der Waals surface area contributed by atoms with Gasteiger partial charge in [0.15, 0.2) is 0 Å². The van der Waals surface area contributed by atoms with E-state index in [0.717, 1.165) is 17.0 Å². The first-order chi connectivity index (χ1) is 18.0. The van der Waals surface area contributed by atoms with Gasteiger partial charge in [0.05, 0.1) is 23.3 Å². The number of nitrogens with zero attached hydrogens (tertiary/aromatic N) is 5. The molecule has 1 aliphatic rings. The van der Waals surface area contributed by atoms with Crippen molar-refractivity contribution in [2.75, 3.05) is 0 Å². The number of carboxylic acids is 1. The van der Waals surface area contributed by atoms with E-state index in [1.807, 2.05) is 30.3 Å². The number of benzene rings is 2. The highest BCUT2D eigenvalue weighted by atomic mass is 35.5. The molecule has 2 unspecified atom stereocenters. The molecular formula is C26H24ClN7O3. The normalized spacial score (nSPS) is 15.9. The van der Waals surface area contributed by atoms with E-state index in [2.05, 4.69) is 25.8 Å². The number of carboxylic acid groups (broad SMARTS) is 1. The first-order valence-electron chi connectivity index (χ1n) is 11.8. The maximum Gasteiger partial charge on any atom is 0.306 e. The number of aromatic nitrogens is 6. The van der Waals surface area contributed by atoms with Gasteiger partial charge in [-0.15, -0.1) is 5.10 Å². The molecule has 0 saturated heterocycles. The first-order valence-corrected chi connectivity index (χ1v) is 12.2. The minimum absolute atomic E-state index is 0.318. The summed E-state index contributed by atoms with van der Waals surface area (Å²) in [6, 6.07) is 14.6. The summed E-state index contributed by atoms with van der Waals surface area (Å²) in [6.45, 7) is 0. The second kappa shape index (κ2) is 10.8. The van der Waals surface area contributed by atoms with Crippen LogP contribution in [0.3, 0.4) is 0 Å². The number of hydrogen-bond donors (Lipinski definition) is 3. The monoisotopic (exact) mass is 517 g/mol.